The van der Waals surface area contributed by atoms with Crippen LogP contribution in [-0.2, 0) is 0 Å². The fourth-order valence-corrected chi connectivity index (χ4v) is 5.56. The first-order valence-electron chi connectivity index (χ1n) is 11.6. The summed E-state index contributed by atoms with van der Waals surface area (Å²) >= 11 is 1.55. The maximum Gasteiger partial charge on any atom is 0.225 e. The van der Waals surface area contributed by atoms with Crippen molar-refractivity contribution in [3.8, 4) is 10.6 Å². The van der Waals surface area contributed by atoms with Crippen LogP contribution in [0.3, 0.4) is 0 Å². The van der Waals surface area contributed by atoms with Gasteiger partial charge in [-0.05, 0) is 44.5 Å². The number of thiazole rings is 1. The molecule has 5 N–H and O–H groups in total. The van der Waals surface area contributed by atoms with Crippen LogP contribution in [0.5, 0.6) is 0 Å². The zero-order chi connectivity index (χ0) is 24.5. The molecule has 3 aromatic heterocycles. The minimum atomic E-state index is -1.03. The summed E-state index contributed by atoms with van der Waals surface area (Å²) in [4.78, 5) is 18.7. The van der Waals surface area contributed by atoms with Crippen LogP contribution >= 0.6 is 11.3 Å². The van der Waals surface area contributed by atoms with Gasteiger partial charge in [-0.3, -0.25) is 4.98 Å². The molecule has 182 valence electrons. The SMILES string of the molecule is Cc1nc(NC(C)c2ccccn2)nc(NC2CC(CO)C(O)C2O)c1-c1nc2ccccc2s1. The Labute approximate surface area is 207 Å². The summed E-state index contributed by atoms with van der Waals surface area (Å²) in [6.07, 6.45) is 0.115. The molecule has 1 saturated carbocycles. The van der Waals surface area contributed by atoms with Crippen LogP contribution in [0.2, 0.25) is 0 Å². The Morgan fingerprint density at radius 3 is 2.57 bits per heavy atom. The molecule has 1 aliphatic carbocycles. The van der Waals surface area contributed by atoms with Gasteiger partial charge in [-0.15, -0.1) is 11.3 Å². The van der Waals surface area contributed by atoms with Gasteiger partial charge in [0.2, 0.25) is 5.95 Å². The molecule has 1 fully saturated rings. The minimum Gasteiger partial charge on any atom is -0.396 e. The molecule has 0 amide bonds. The predicted octanol–water partition coefficient (Wildman–Crippen LogP) is 3.14. The third kappa shape index (κ3) is 4.70. The van der Waals surface area contributed by atoms with E-state index in [1.165, 1.54) is 0 Å². The minimum absolute atomic E-state index is 0.130. The average Bonchev–Trinajstić information content (AvgIpc) is 3.40. The molecule has 3 heterocycles. The van der Waals surface area contributed by atoms with Crippen molar-refractivity contribution >= 4 is 33.3 Å². The zero-order valence-corrected chi connectivity index (χ0v) is 20.3. The fraction of sp³-hybridized carbons (Fsp3) is 0.360. The number of hydrogen-bond acceptors (Lipinski definition) is 10. The molecular weight excluding hydrogens is 464 g/mol. The summed E-state index contributed by atoms with van der Waals surface area (Å²) in [5.74, 6) is 0.528. The second kappa shape index (κ2) is 9.82. The van der Waals surface area contributed by atoms with Crippen molar-refractivity contribution in [3.05, 3.63) is 60.0 Å². The fourth-order valence-electron chi connectivity index (χ4n) is 4.50. The highest BCUT2D eigenvalue weighted by atomic mass is 32.1. The monoisotopic (exact) mass is 492 g/mol. The molecule has 4 aromatic rings. The largest absolute Gasteiger partial charge is 0.396 e. The standard InChI is InChI=1S/C25H28N6O3S/c1-13(16-7-5-6-10-26-16)27-25-28-14(2)20(24-30-17-8-3-4-9-19(17)35-24)23(31-25)29-18-11-15(12-32)21(33)22(18)34/h3-10,13,15,18,21-22,32-34H,11-12H2,1-2H3,(H2,27,28,29,31). The summed E-state index contributed by atoms with van der Waals surface area (Å²) < 4.78 is 1.05. The molecule has 0 saturated heterocycles. The van der Waals surface area contributed by atoms with E-state index < -0.39 is 24.2 Å². The van der Waals surface area contributed by atoms with Crippen LogP contribution in [0.4, 0.5) is 11.8 Å². The molecule has 5 rings (SSSR count). The molecule has 5 atom stereocenters. The number of rotatable bonds is 7. The van der Waals surface area contributed by atoms with Crippen molar-refractivity contribution in [2.24, 2.45) is 5.92 Å². The number of para-hydroxylation sites is 1. The van der Waals surface area contributed by atoms with Crippen molar-refractivity contribution in [2.75, 3.05) is 17.2 Å². The van der Waals surface area contributed by atoms with Gasteiger partial charge < -0.3 is 26.0 Å². The van der Waals surface area contributed by atoms with E-state index in [-0.39, 0.29) is 12.6 Å². The second-order valence-electron chi connectivity index (χ2n) is 8.87. The van der Waals surface area contributed by atoms with E-state index in [1.807, 2.05) is 56.3 Å². The van der Waals surface area contributed by atoms with E-state index in [1.54, 1.807) is 17.5 Å². The summed E-state index contributed by atoms with van der Waals surface area (Å²) in [5.41, 5.74) is 3.22. The number of aliphatic hydroxyl groups is 3. The molecule has 1 aliphatic rings. The number of nitrogens with zero attached hydrogens (tertiary/aromatic N) is 4. The Bertz CT molecular complexity index is 1280. The second-order valence-corrected chi connectivity index (χ2v) is 9.90. The summed E-state index contributed by atoms with van der Waals surface area (Å²) in [6.45, 7) is 3.69. The Morgan fingerprint density at radius 2 is 1.86 bits per heavy atom. The lowest BCUT2D eigenvalue weighted by Crippen LogP contribution is -2.35. The Balaban J connectivity index is 1.54. The summed E-state index contributed by atoms with van der Waals surface area (Å²) in [7, 11) is 0. The summed E-state index contributed by atoms with van der Waals surface area (Å²) in [6, 6.07) is 13.0. The molecule has 0 radical (unpaired) electrons. The quantitative estimate of drug-likeness (QED) is 0.263. The lowest BCUT2D eigenvalue weighted by Gasteiger charge is -2.22. The Hall–Kier alpha value is -3.18. The van der Waals surface area contributed by atoms with Gasteiger partial charge in [0, 0.05) is 18.7 Å². The molecule has 0 bridgehead atoms. The number of anilines is 2. The first kappa shape index (κ1) is 23.6. The van der Waals surface area contributed by atoms with E-state index >= 15 is 0 Å². The predicted molar refractivity (Wildman–Crippen MR) is 136 cm³/mol. The number of nitrogens with one attached hydrogen (secondary N) is 2. The molecule has 0 aliphatic heterocycles. The van der Waals surface area contributed by atoms with Crippen molar-refractivity contribution in [1.29, 1.82) is 0 Å². The van der Waals surface area contributed by atoms with E-state index in [4.69, 9.17) is 15.0 Å². The first-order valence-corrected chi connectivity index (χ1v) is 12.4. The smallest absolute Gasteiger partial charge is 0.225 e. The van der Waals surface area contributed by atoms with Gasteiger partial charge in [0.25, 0.3) is 0 Å². The number of hydrogen-bond donors (Lipinski definition) is 5. The highest BCUT2D eigenvalue weighted by Crippen LogP contribution is 2.38. The number of aryl methyl sites for hydroxylation is 1. The van der Waals surface area contributed by atoms with Gasteiger partial charge in [0.1, 0.15) is 16.9 Å². The van der Waals surface area contributed by atoms with Gasteiger partial charge in [-0.25, -0.2) is 9.97 Å². The molecular formula is C25H28N6O3S. The number of fused-ring (bicyclic) bond motifs is 1. The number of aliphatic hydroxyl groups excluding tert-OH is 3. The van der Waals surface area contributed by atoms with E-state index in [0.717, 1.165) is 32.2 Å². The van der Waals surface area contributed by atoms with Crippen LogP contribution in [-0.4, -0.2) is 60.1 Å². The number of benzene rings is 1. The zero-order valence-electron chi connectivity index (χ0n) is 19.5. The molecule has 35 heavy (non-hydrogen) atoms. The van der Waals surface area contributed by atoms with Crippen LogP contribution in [0, 0.1) is 12.8 Å². The van der Waals surface area contributed by atoms with Crippen LogP contribution < -0.4 is 10.6 Å². The van der Waals surface area contributed by atoms with Crippen LogP contribution in [0.25, 0.3) is 20.8 Å². The summed E-state index contributed by atoms with van der Waals surface area (Å²) in [5, 5.41) is 38.0. The van der Waals surface area contributed by atoms with E-state index in [9.17, 15) is 15.3 Å². The van der Waals surface area contributed by atoms with E-state index in [2.05, 4.69) is 15.6 Å². The van der Waals surface area contributed by atoms with Gasteiger partial charge in [-0.1, -0.05) is 18.2 Å². The molecule has 1 aromatic carbocycles. The average molecular weight is 493 g/mol. The van der Waals surface area contributed by atoms with Crippen molar-refractivity contribution in [3.63, 3.8) is 0 Å². The van der Waals surface area contributed by atoms with Crippen molar-refractivity contribution in [2.45, 2.75) is 44.6 Å². The number of pyridine rings is 1. The highest BCUT2D eigenvalue weighted by Gasteiger charge is 2.41. The van der Waals surface area contributed by atoms with Crippen LogP contribution in [0.15, 0.2) is 48.7 Å². The van der Waals surface area contributed by atoms with Crippen LogP contribution in [0.1, 0.15) is 30.8 Å². The third-order valence-corrected chi connectivity index (χ3v) is 7.49. The van der Waals surface area contributed by atoms with E-state index in [0.29, 0.717) is 18.2 Å². The highest BCUT2D eigenvalue weighted by molar-refractivity contribution is 7.21. The van der Waals surface area contributed by atoms with Crippen molar-refractivity contribution in [1.82, 2.24) is 19.9 Å². The molecule has 10 heteroatoms. The molecule has 5 unspecified atom stereocenters. The molecule has 9 nitrogen and oxygen atoms in total. The lowest BCUT2D eigenvalue weighted by atomic mass is 10.1. The maximum absolute atomic E-state index is 10.6. The number of aromatic nitrogens is 4. The Morgan fingerprint density at radius 1 is 1.06 bits per heavy atom. The normalized spacial score (nSPS) is 22.9. The Kier molecular flexibility index (Phi) is 6.61. The topological polar surface area (TPSA) is 136 Å². The van der Waals surface area contributed by atoms with Gasteiger partial charge in [-0.2, -0.15) is 4.98 Å². The van der Waals surface area contributed by atoms with Gasteiger partial charge >= 0.3 is 0 Å². The van der Waals surface area contributed by atoms with Gasteiger partial charge in [0.15, 0.2) is 0 Å². The lowest BCUT2D eigenvalue weighted by molar-refractivity contribution is 0.00446. The third-order valence-electron chi connectivity index (χ3n) is 6.43. The maximum atomic E-state index is 10.6. The molecule has 0 spiro atoms. The van der Waals surface area contributed by atoms with Crippen molar-refractivity contribution < 1.29 is 15.3 Å². The first-order chi connectivity index (χ1) is 16.9. The van der Waals surface area contributed by atoms with Gasteiger partial charge in [0.05, 0.1) is 45.4 Å².